The number of rotatable bonds is 8. The molecular formula is C36H52N2O6S. The van der Waals surface area contributed by atoms with E-state index in [2.05, 4.69) is 25.5 Å². The van der Waals surface area contributed by atoms with Gasteiger partial charge in [0.2, 0.25) is 10.0 Å². The highest BCUT2D eigenvalue weighted by Gasteiger charge is 2.65. The first-order chi connectivity index (χ1) is 21.2. The van der Waals surface area contributed by atoms with Gasteiger partial charge in [0.25, 0.3) is 0 Å². The fourth-order valence-electron chi connectivity index (χ4n) is 11.0. The number of fused-ring (bicyclic) bond motifs is 6. The van der Waals surface area contributed by atoms with Gasteiger partial charge in [-0.15, -0.1) is 0 Å². The number of hydrogen-bond acceptors (Lipinski definition) is 6. The Morgan fingerprint density at radius 3 is 2.42 bits per heavy atom. The lowest BCUT2D eigenvalue weighted by Crippen LogP contribution is -2.63. The number of anilines is 1. The summed E-state index contributed by atoms with van der Waals surface area (Å²) in [4.78, 5) is 13.6. The Labute approximate surface area is 268 Å². The number of carboxylic acid groups (broad SMARTS) is 1. The van der Waals surface area contributed by atoms with Crippen molar-refractivity contribution in [2.75, 3.05) is 19.0 Å². The van der Waals surface area contributed by atoms with Gasteiger partial charge >= 0.3 is 5.97 Å². The third-order valence-corrected chi connectivity index (χ3v) is 14.9. The van der Waals surface area contributed by atoms with Crippen molar-refractivity contribution in [3.8, 4) is 0 Å². The van der Waals surface area contributed by atoms with Crippen LogP contribution in [0.4, 0.5) is 5.69 Å². The standard InChI is InChI=1S/C36H52N2O6S/c1-21(12-15-33(41)42)26-13-14-27-34-28(20-32(40)36(26,27)3)35(2)17-16-23(18-22(35)19-30(34)39)37-45(43,44)31-11-7-8-24-25(31)9-6-10-29(24)38(4)5/h6-11,21-23,26-28,30,32,34,37,39-40H,12-20H2,1-5H3,(H,41,42)/t21-,22-,23+,26-,27+,28+,30-,32+,34+,35+,36-/m1/s1. The number of benzene rings is 2. The maximum absolute atomic E-state index is 13.9. The van der Waals surface area contributed by atoms with Gasteiger partial charge in [-0.25, -0.2) is 13.1 Å². The molecule has 0 amide bonds. The third-order valence-electron chi connectivity index (χ3n) is 13.3. The van der Waals surface area contributed by atoms with E-state index in [9.17, 15) is 28.5 Å². The molecule has 4 aliphatic rings. The average molecular weight is 641 g/mol. The minimum Gasteiger partial charge on any atom is -0.481 e. The molecule has 4 aliphatic carbocycles. The largest absolute Gasteiger partial charge is 0.481 e. The van der Waals surface area contributed by atoms with Crippen molar-refractivity contribution in [2.24, 2.45) is 46.3 Å². The van der Waals surface area contributed by atoms with Gasteiger partial charge in [0.15, 0.2) is 0 Å². The molecule has 45 heavy (non-hydrogen) atoms. The molecule has 4 saturated carbocycles. The molecule has 0 radical (unpaired) electrons. The number of aliphatic carboxylic acids is 1. The van der Waals surface area contributed by atoms with Crippen molar-refractivity contribution in [1.82, 2.24) is 4.72 Å². The molecular weight excluding hydrogens is 588 g/mol. The quantitative estimate of drug-likeness (QED) is 0.294. The molecule has 6 rings (SSSR count). The number of carbonyl (C=O) groups is 1. The van der Waals surface area contributed by atoms with Crippen molar-refractivity contribution >= 4 is 32.5 Å². The molecule has 0 bridgehead atoms. The summed E-state index contributed by atoms with van der Waals surface area (Å²) in [6, 6.07) is 11.0. The van der Waals surface area contributed by atoms with Crippen LogP contribution in [0, 0.1) is 46.3 Å². The van der Waals surface area contributed by atoms with Crippen LogP contribution in [0.25, 0.3) is 10.8 Å². The molecule has 4 fully saturated rings. The fourth-order valence-corrected chi connectivity index (χ4v) is 12.5. The first-order valence-electron chi connectivity index (χ1n) is 17.0. The maximum Gasteiger partial charge on any atom is 0.303 e. The van der Waals surface area contributed by atoms with E-state index in [4.69, 9.17) is 0 Å². The van der Waals surface area contributed by atoms with Crippen LogP contribution in [0.15, 0.2) is 41.3 Å². The number of sulfonamides is 1. The minimum atomic E-state index is -3.78. The molecule has 0 spiro atoms. The second-order valence-electron chi connectivity index (χ2n) is 15.6. The van der Waals surface area contributed by atoms with Crippen LogP contribution in [-0.2, 0) is 14.8 Å². The number of aliphatic hydroxyl groups excluding tert-OH is 2. The van der Waals surface area contributed by atoms with E-state index < -0.39 is 28.2 Å². The number of hydrogen-bond donors (Lipinski definition) is 4. The van der Waals surface area contributed by atoms with Gasteiger partial charge in [0.05, 0.1) is 17.1 Å². The summed E-state index contributed by atoms with van der Waals surface area (Å²) in [6.45, 7) is 6.67. The van der Waals surface area contributed by atoms with Crippen molar-refractivity contribution in [3.05, 3.63) is 36.4 Å². The van der Waals surface area contributed by atoms with Crippen LogP contribution < -0.4 is 9.62 Å². The molecule has 0 aliphatic heterocycles. The van der Waals surface area contributed by atoms with Gasteiger partial charge in [0.1, 0.15) is 0 Å². The van der Waals surface area contributed by atoms with E-state index in [1.807, 2.05) is 49.3 Å². The number of nitrogens with zero attached hydrogens (tertiary/aromatic N) is 1. The van der Waals surface area contributed by atoms with E-state index >= 15 is 0 Å². The van der Waals surface area contributed by atoms with E-state index in [0.717, 1.165) is 36.8 Å². The van der Waals surface area contributed by atoms with Crippen LogP contribution in [0.2, 0.25) is 0 Å². The van der Waals surface area contributed by atoms with Crippen LogP contribution in [0.3, 0.4) is 0 Å². The van der Waals surface area contributed by atoms with Crippen LogP contribution in [0.5, 0.6) is 0 Å². The Morgan fingerprint density at radius 1 is 1.00 bits per heavy atom. The molecule has 248 valence electrons. The molecule has 2 aromatic carbocycles. The van der Waals surface area contributed by atoms with Gasteiger partial charge in [-0.3, -0.25) is 4.79 Å². The van der Waals surface area contributed by atoms with E-state index in [1.165, 1.54) is 0 Å². The summed E-state index contributed by atoms with van der Waals surface area (Å²) < 4.78 is 30.8. The lowest BCUT2D eigenvalue weighted by atomic mass is 9.43. The number of nitrogens with one attached hydrogen (secondary N) is 1. The Morgan fingerprint density at radius 2 is 1.71 bits per heavy atom. The predicted molar refractivity (Wildman–Crippen MR) is 176 cm³/mol. The Bertz CT molecular complexity index is 1550. The minimum absolute atomic E-state index is 0.0821. The smallest absolute Gasteiger partial charge is 0.303 e. The van der Waals surface area contributed by atoms with E-state index in [1.54, 1.807) is 6.07 Å². The lowest BCUT2D eigenvalue weighted by Gasteiger charge is -2.63. The molecule has 4 N–H and O–H groups in total. The van der Waals surface area contributed by atoms with Crippen molar-refractivity contribution in [1.29, 1.82) is 0 Å². The zero-order chi connectivity index (χ0) is 32.5. The molecule has 0 heterocycles. The monoisotopic (exact) mass is 640 g/mol. The Balaban J connectivity index is 1.21. The zero-order valence-corrected chi connectivity index (χ0v) is 28.3. The second kappa shape index (κ2) is 11.8. The van der Waals surface area contributed by atoms with Gasteiger partial charge in [-0.1, -0.05) is 45.0 Å². The van der Waals surface area contributed by atoms with Crippen LogP contribution in [-0.4, -0.2) is 62.1 Å². The zero-order valence-electron chi connectivity index (χ0n) is 27.4. The average Bonchev–Trinajstić information content (AvgIpc) is 3.34. The molecule has 11 atom stereocenters. The molecule has 0 saturated heterocycles. The van der Waals surface area contributed by atoms with Gasteiger partial charge in [-0.2, -0.15) is 0 Å². The molecule has 2 aromatic rings. The highest BCUT2D eigenvalue weighted by molar-refractivity contribution is 7.89. The first-order valence-corrected chi connectivity index (χ1v) is 18.5. The number of aliphatic hydroxyl groups is 2. The normalized spacial score (nSPS) is 38.6. The summed E-state index contributed by atoms with van der Waals surface area (Å²) in [5.74, 6) is 0.298. The van der Waals surface area contributed by atoms with Crippen molar-refractivity contribution in [3.63, 3.8) is 0 Å². The molecule has 8 nitrogen and oxygen atoms in total. The van der Waals surface area contributed by atoms with E-state index in [-0.39, 0.29) is 58.8 Å². The topological polar surface area (TPSA) is 127 Å². The summed E-state index contributed by atoms with van der Waals surface area (Å²) >= 11 is 0. The van der Waals surface area contributed by atoms with Gasteiger partial charge in [0, 0.05) is 43.0 Å². The maximum atomic E-state index is 13.9. The second-order valence-corrected chi connectivity index (χ2v) is 17.3. The lowest BCUT2D eigenvalue weighted by molar-refractivity contribution is -0.202. The molecule has 0 aromatic heterocycles. The van der Waals surface area contributed by atoms with Crippen molar-refractivity contribution < 1.29 is 28.5 Å². The van der Waals surface area contributed by atoms with Crippen molar-refractivity contribution in [2.45, 2.75) is 102 Å². The molecule has 9 heteroatoms. The third kappa shape index (κ3) is 5.39. The predicted octanol–water partition coefficient (Wildman–Crippen LogP) is 5.65. The highest BCUT2D eigenvalue weighted by atomic mass is 32.2. The first kappa shape index (κ1) is 32.7. The fraction of sp³-hybridized carbons (Fsp3) is 0.694. The van der Waals surface area contributed by atoms with Gasteiger partial charge < -0.3 is 20.2 Å². The Kier molecular flexibility index (Phi) is 8.58. The van der Waals surface area contributed by atoms with E-state index in [0.29, 0.717) is 36.0 Å². The van der Waals surface area contributed by atoms with Gasteiger partial charge in [-0.05, 0) is 110 Å². The van der Waals surface area contributed by atoms with Crippen LogP contribution >= 0.6 is 0 Å². The summed E-state index contributed by atoms with van der Waals surface area (Å²) in [7, 11) is 0.125. The summed E-state index contributed by atoms with van der Waals surface area (Å²) in [5.41, 5.74) is 0.556. The van der Waals surface area contributed by atoms with Crippen LogP contribution in [0.1, 0.15) is 78.6 Å². The highest BCUT2D eigenvalue weighted by Crippen LogP contribution is 2.68. The number of carboxylic acids is 1. The Hall–Kier alpha value is -2.20. The SMILES string of the molecule is C[C@H](CCC(=O)O)[C@H]1CC[C@H]2[C@@H]3[C@H](O)C[C@H]4C[C@@H](NS(=O)(=O)c5cccc6c(N(C)C)cccc56)CC[C@]4(C)[C@H]3C[C@H](O)[C@]12C. The summed E-state index contributed by atoms with van der Waals surface area (Å²) in [5, 5.41) is 34.5. The molecule has 0 unspecified atom stereocenters. The summed E-state index contributed by atoms with van der Waals surface area (Å²) in [6.07, 6.45) is 5.24.